The van der Waals surface area contributed by atoms with Crippen molar-refractivity contribution in [1.29, 1.82) is 0 Å². The van der Waals surface area contributed by atoms with E-state index in [2.05, 4.69) is 9.97 Å². The highest BCUT2D eigenvalue weighted by Gasteiger charge is 2.10. The van der Waals surface area contributed by atoms with Crippen molar-refractivity contribution >= 4 is 17.0 Å². The van der Waals surface area contributed by atoms with Gasteiger partial charge in [-0.05, 0) is 18.9 Å². The van der Waals surface area contributed by atoms with E-state index in [9.17, 15) is 4.79 Å². The van der Waals surface area contributed by atoms with Crippen LogP contribution in [-0.2, 0) is 11.3 Å². The first-order valence-corrected chi connectivity index (χ1v) is 5.41. The molecule has 1 atom stereocenters. The van der Waals surface area contributed by atoms with Gasteiger partial charge in [0.25, 0.3) is 0 Å². The van der Waals surface area contributed by atoms with Crippen molar-refractivity contribution in [3.05, 3.63) is 24.8 Å². The van der Waals surface area contributed by atoms with Crippen LogP contribution in [0.15, 0.2) is 24.8 Å². The molecule has 2 rings (SSSR count). The van der Waals surface area contributed by atoms with Crippen LogP contribution in [0.2, 0.25) is 0 Å². The molecule has 6 nitrogen and oxygen atoms in total. The monoisotopic (exact) mass is 234 g/mol. The van der Waals surface area contributed by atoms with Gasteiger partial charge in [0.2, 0.25) is 0 Å². The lowest BCUT2D eigenvalue weighted by Crippen LogP contribution is -2.30. The second-order valence-electron chi connectivity index (χ2n) is 3.89. The van der Waals surface area contributed by atoms with Crippen molar-refractivity contribution in [2.24, 2.45) is 5.73 Å². The minimum Gasteiger partial charge on any atom is -0.480 e. The summed E-state index contributed by atoms with van der Waals surface area (Å²) < 4.78 is 1.96. The summed E-state index contributed by atoms with van der Waals surface area (Å²) in [6.45, 7) is 0.698. The van der Waals surface area contributed by atoms with Crippen LogP contribution in [0.3, 0.4) is 0 Å². The number of carboxylic acid groups (broad SMARTS) is 1. The summed E-state index contributed by atoms with van der Waals surface area (Å²) in [4.78, 5) is 18.8. The van der Waals surface area contributed by atoms with Crippen LogP contribution in [0.5, 0.6) is 0 Å². The lowest BCUT2D eigenvalue weighted by atomic mass is 10.2. The molecule has 90 valence electrons. The standard InChI is InChI=1S/C11H14N4O2/c12-8(11(16)17)2-1-5-15-7-14-9-3-4-13-6-10(9)15/h3-4,6-8H,1-2,5,12H2,(H,16,17). The van der Waals surface area contributed by atoms with E-state index >= 15 is 0 Å². The first kappa shape index (κ1) is 11.5. The van der Waals surface area contributed by atoms with Crippen molar-refractivity contribution in [2.75, 3.05) is 0 Å². The zero-order valence-corrected chi connectivity index (χ0v) is 9.28. The Hall–Kier alpha value is -1.95. The third-order valence-corrected chi connectivity index (χ3v) is 2.65. The highest BCUT2D eigenvalue weighted by atomic mass is 16.4. The molecule has 2 aromatic heterocycles. The Kier molecular flexibility index (Phi) is 3.34. The van der Waals surface area contributed by atoms with Gasteiger partial charge in [0.1, 0.15) is 6.04 Å². The minimum absolute atomic E-state index is 0.454. The van der Waals surface area contributed by atoms with Gasteiger partial charge in [-0.25, -0.2) is 4.98 Å². The van der Waals surface area contributed by atoms with Crippen molar-refractivity contribution in [3.8, 4) is 0 Å². The average Bonchev–Trinajstić information content (AvgIpc) is 2.72. The predicted molar refractivity (Wildman–Crippen MR) is 62.4 cm³/mol. The number of imidazole rings is 1. The van der Waals surface area contributed by atoms with E-state index in [1.54, 1.807) is 18.7 Å². The first-order valence-electron chi connectivity index (χ1n) is 5.41. The van der Waals surface area contributed by atoms with Gasteiger partial charge >= 0.3 is 5.97 Å². The number of fused-ring (bicyclic) bond motifs is 1. The number of hydrogen-bond donors (Lipinski definition) is 2. The van der Waals surface area contributed by atoms with Gasteiger partial charge in [-0.15, -0.1) is 0 Å². The Labute approximate surface area is 98.1 Å². The molecule has 0 saturated heterocycles. The maximum absolute atomic E-state index is 10.5. The van der Waals surface area contributed by atoms with E-state index in [1.165, 1.54) is 0 Å². The van der Waals surface area contributed by atoms with E-state index in [1.807, 2.05) is 10.6 Å². The number of aryl methyl sites for hydroxylation is 1. The maximum Gasteiger partial charge on any atom is 0.320 e. The molecular formula is C11H14N4O2. The topological polar surface area (TPSA) is 94.0 Å². The fraction of sp³-hybridized carbons (Fsp3) is 0.364. The van der Waals surface area contributed by atoms with Gasteiger partial charge in [0, 0.05) is 12.7 Å². The fourth-order valence-electron chi connectivity index (χ4n) is 1.69. The molecule has 0 spiro atoms. The summed E-state index contributed by atoms with van der Waals surface area (Å²) >= 11 is 0. The molecule has 3 N–H and O–H groups in total. The first-order chi connectivity index (χ1) is 8.18. The summed E-state index contributed by atoms with van der Waals surface area (Å²) in [6, 6.07) is 1.05. The van der Waals surface area contributed by atoms with E-state index in [0.717, 1.165) is 11.0 Å². The molecule has 17 heavy (non-hydrogen) atoms. The van der Waals surface area contributed by atoms with Gasteiger partial charge in [-0.2, -0.15) is 0 Å². The number of hydrogen-bond acceptors (Lipinski definition) is 4. The molecule has 0 saturated carbocycles. The summed E-state index contributed by atoms with van der Waals surface area (Å²) in [7, 11) is 0. The Balaban J connectivity index is 1.98. The number of rotatable bonds is 5. The largest absolute Gasteiger partial charge is 0.480 e. The van der Waals surface area contributed by atoms with E-state index < -0.39 is 12.0 Å². The van der Waals surface area contributed by atoms with Crippen molar-refractivity contribution in [1.82, 2.24) is 14.5 Å². The van der Waals surface area contributed by atoms with Crippen LogP contribution < -0.4 is 5.73 Å². The summed E-state index contributed by atoms with van der Waals surface area (Å²) in [5, 5.41) is 8.66. The Morgan fingerprint density at radius 1 is 1.59 bits per heavy atom. The number of carboxylic acids is 1. The molecule has 1 unspecified atom stereocenters. The normalized spacial score (nSPS) is 12.8. The van der Waals surface area contributed by atoms with Crippen LogP contribution in [0.4, 0.5) is 0 Å². The van der Waals surface area contributed by atoms with Crippen molar-refractivity contribution in [2.45, 2.75) is 25.4 Å². The number of carbonyl (C=O) groups is 1. The number of aromatic nitrogens is 3. The molecule has 2 aromatic rings. The van der Waals surface area contributed by atoms with Gasteiger partial charge in [-0.1, -0.05) is 0 Å². The summed E-state index contributed by atoms with van der Waals surface area (Å²) in [5.74, 6) is -0.956. The van der Waals surface area contributed by atoms with E-state index in [4.69, 9.17) is 10.8 Å². The number of aliphatic carboxylic acids is 1. The van der Waals surface area contributed by atoms with Crippen molar-refractivity contribution < 1.29 is 9.90 Å². The highest BCUT2D eigenvalue weighted by Crippen LogP contribution is 2.11. The lowest BCUT2D eigenvalue weighted by Gasteiger charge is -2.07. The highest BCUT2D eigenvalue weighted by molar-refractivity contribution is 5.74. The van der Waals surface area contributed by atoms with Crippen LogP contribution in [-0.4, -0.2) is 31.7 Å². The number of pyridine rings is 1. The Morgan fingerprint density at radius 3 is 3.18 bits per heavy atom. The minimum atomic E-state index is -0.956. The van der Waals surface area contributed by atoms with Crippen LogP contribution in [0, 0.1) is 0 Å². The Morgan fingerprint density at radius 2 is 2.41 bits per heavy atom. The molecule has 0 bridgehead atoms. The Bertz CT molecular complexity index is 523. The zero-order valence-electron chi connectivity index (χ0n) is 9.28. The zero-order chi connectivity index (χ0) is 12.3. The third-order valence-electron chi connectivity index (χ3n) is 2.65. The molecule has 6 heteroatoms. The second-order valence-corrected chi connectivity index (χ2v) is 3.89. The quantitative estimate of drug-likeness (QED) is 0.791. The van der Waals surface area contributed by atoms with Crippen LogP contribution in [0.1, 0.15) is 12.8 Å². The molecule has 0 amide bonds. The van der Waals surface area contributed by atoms with Gasteiger partial charge in [-0.3, -0.25) is 9.78 Å². The van der Waals surface area contributed by atoms with Crippen LogP contribution in [0.25, 0.3) is 11.0 Å². The SMILES string of the molecule is NC(CCCn1cnc2ccncc21)C(=O)O. The average molecular weight is 234 g/mol. The smallest absolute Gasteiger partial charge is 0.320 e. The molecule has 0 aliphatic carbocycles. The van der Waals surface area contributed by atoms with Gasteiger partial charge in [0.15, 0.2) is 0 Å². The summed E-state index contributed by atoms with van der Waals surface area (Å²) in [6.07, 6.45) is 6.33. The number of nitrogens with two attached hydrogens (primary N) is 1. The number of nitrogens with zero attached hydrogens (tertiary/aromatic N) is 3. The third kappa shape index (κ3) is 2.59. The molecule has 0 aliphatic heterocycles. The van der Waals surface area contributed by atoms with Crippen LogP contribution >= 0.6 is 0 Å². The van der Waals surface area contributed by atoms with E-state index in [0.29, 0.717) is 19.4 Å². The lowest BCUT2D eigenvalue weighted by molar-refractivity contribution is -0.138. The maximum atomic E-state index is 10.5. The molecular weight excluding hydrogens is 220 g/mol. The molecule has 2 heterocycles. The van der Waals surface area contributed by atoms with Gasteiger partial charge in [0.05, 0.1) is 23.6 Å². The van der Waals surface area contributed by atoms with Crippen molar-refractivity contribution in [3.63, 3.8) is 0 Å². The molecule has 0 aliphatic rings. The second kappa shape index (κ2) is 4.92. The van der Waals surface area contributed by atoms with E-state index in [-0.39, 0.29) is 0 Å². The molecule has 0 radical (unpaired) electrons. The summed E-state index contributed by atoms with van der Waals surface area (Å²) in [5.41, 5.74) is 7.28. The fourth-order valence-corrected chi connectivity index (χ4v) is 1.69. The van der Waals surface area contributed by atoms with Gasteiger partial charge < -0.3 is 15.4 Å². The molecule has 0 fully saturated rings. The molecule has 0 aromatic carbocycles. The predicted octanol–water partition coefficient (Wildman–Crippen LogP) is 0.623.